The summed E-state index contributed by atoms with van der Waals surface area (Å²) in [5, 5.41) is 10.6. The number of carbonyl (C=O) groups excluding carboxylic acids is 3. The number of hydrogen-bond donors (Lipinski definition) is 1. The molecule has 0 aliphatic carbocycles. The molecule has 3 heterocycles. The van der Waals surface area contributed by atoms with Gasteiger partial charge < -0.3 is 29.3 Å². The number of aliphatic hydroxyl groups is 1. The molecule has 9 heteroatoms. The fourth-order valence-corrected chi connectivity index (χ4v) is 8.95. The van der Waals surface area contributed by atoms with Crippen molar-refractivity contribution in [2.24, 2.45) is 23.2 Å². The molecule has 1 aromatic rings. The van der Waals surface area contributed by atoms with Crippen molar-refractivity contribution in [2.45, 2.75) is 110 Å². The first-order valence-electron chi connectivity index (χ1n) is 17.2. The average molecular weight is 652 g/mol. The summed E-state index contributed by atoms with van der Waals surface area (Å²) in [4.78, 5) is 49.9. The Bertz CT molecular complexity index is 1350. The monoisotopic (exact) mass is 651 g/mol. The summed E-state index contributed by atoms with van der Waals surface area (Å²) < 4.78 is 12.7. The van der Waals surface area contributed by atoms with E-state index in [1.165, 1.54) is 0 Å². The molecule has 3 saturated heterocycles. The molecule has 1 aromatic carbocycles. The van der Waals surface area contributed by atoms with Gasteiger partial charge in [-0.15, -0.1) is 13.2 Å². The van der Waals surface area contributed by atoms with Crippen LogP contribution in [0.1, 0.15) is 81.6 Å². The quantitative estimate of drug-likeness (QED) is 0.263. The van der Waals surface area contributed by atoms with Gasteiger partial charge in [0.1, 0.15) is 17.4 Å². The van der Waals surface area contributed by atoms with Gasteiger partial charge in [0.2, 0.25) is 17.7 Å². The van der Waals surface area contributed by atoms with Crippen molar-refractivity contribution in [2.75, 3.05) is 31.2 Å². The van der Waals surface area contributed by atoms with Gasteiger partial charge in [-0.2, -0.15) is 0 Å². The Balaban J connectivity index is 1.86. The van der Waals surface area contributed by atoms with Crippen molar-refractivity contribution in [1.82, 2.24) is 9.80 Å². The predicted molar refractivity (Wildman–Crippen MR) is 185 cm³/mol. The molecule has 4 rings (SSSR count). The van der Waals surface area contributed by atoms with E-state index in [0.717, 1.165) is 0 Å². The highest BCUT2D eigenvalue weighted by molar-refractivity contribution is 6.03. The van der Waals surface area contributed by atoms with E-state index in [2.05, 4.69) is 33.9 Å². The number of likely N-dealkylation sites (tertiary alicyclic amines) is 1. The molecule has 3 aliphatic heterocycles. The molecule has 0 aromatic heterocycles. The van der Waals surface area contributed by atoms with Crippen LogP contribution in [0.2, 0.25) is 0 Å². The van der Waals surface area contributed by atoms with E-state index in [9.17, 15) is 14.7 Å². The lowest BCUT2D eigenvalue weighted by molar-refractivity contribution is -0.159. The van der Waals surface area contributed by atoms with Crippen LogP contribution in [-0.2, 0) is 19.1 Å². The number of rotatable bonds is 14. The number of aliphatic hydroxyl groups excluding tert-OH is 1. The van der Waals surface area contributed by atoms with Gasteiger partial charge in [0.15, 0.2) is 0 Å². The largest absolute Gasteiger partial charge is 0.494 e. The first-order chi connectivity index (χ1) is 22.0. The Morgan fingerprint density at radius 1 is 1.11 bits per heavy atom. The van der Waals surface area contributed by atoms with Crippen LogP contribution in [0.3, 0.4) is 0 Å². The van der Waals surface area contributed by atoms with Crippen LogP contribution >= 0.6 is 0 Å². The van der Waals surface area contributed by atoms with E-state index >= 15 is 4.79 Å². The van der Waals surface area contributed by atoms with Gasteiger partial charge in [0.05, 0.1) is 36.7 Å². The summed E-state index contributed by atoms with van der Waals surface area (Å²) in [6, 6.07) is 5.70. The molecule has 1 spiro atoms. The Labute approximate surface area is 281 Å². The van der Waals surface area contributed by atoms with Crippen molar-refractivity contribution >= 4 is 23.4 Å². The third-order valence-electron chi connectivity index (χ3n) is 10.6. The molecule has 0 radical (unpaired) electrons. The third-order valence-corrected chi connectivity index (χ3v) is 10.6. The molecule has 47 heavy (non-hydrogen) atoms. The Morgan fingerprint density at radius 3 is 2.23 bits per heavy atom. The van der Waals surface area contributed by atoms with Crippen LogP contribution in [-0.4, -0.2) is 87.8 Å². The standard InChI is InChI=1S/C38H57N3O6/c1-12-20-39(27-16-18-28(19-17-27)46-15-4)32(43)29-30-33(44)41(26(14-3)23-42)31(38(30)22-25(5)37(29,11)47-38)34(45)40(21-13-2)36(9,10)24-35(6,7)8/h12-13,16-19,25-26,29-31,42H,1-2,14-15,20-24H2,3-11H3/t25?,26-,29-,30-,31?,37+,38?/m0/s1. The number of amides is 3. The summed E-state index contributed by atoms with van der Waals surface area (Å²) in [6.45, 7) is 26.9. The van der Waals surface area contributed by atoms with E-state index in [1.54, 1.807) is 22.0 Å². The fourth-order valence-electron chi connectivity index (χ4n) is 8.95. The molecular weight excluding hydrogens is 594 g/mol. The van der Waals surface area contributed by atoms with Crippen LogP contribution < -0.4 is 9.64 Å². The normalized spacial score (nSPS) is 29.0. The summed E-state index contributed by atoms with van der Waals surface area (Å²) >= 11 is 0. The Morgan fingerprint density at radius 2 is 1.72 bits per heavy atom. The number of fused-ring (bicyclic) bond motifs is 1. The molecule has 3 fully saturated rings. The minimum atomic E-state index is -1.23. The second-order valence-corrected chi connectivity index (χ2v) is 15.6. The van der Waals surface area contributed by atoms with Gasteiger partial charge in [-0.1, -0.05) is 46.8 Å². The zero-order valence-electron chi connectivity index (χ0n) is 30.0. The minimum absolute atomic E-state index is 0.0798. The molecule has 7 atom stereocenters. The summed E-state index contributed by atoms with van der Waals surface area (Å²) in [7, 11) is 0. The number of carbonyl (C=O) groups is 3. The maximum absolute atomic E-state index is 15.1. The lowest BCUT2D eigenvalue weighted by Crippen LogP contribution is -2.62. The van der Waals surface area contributed by atoms with E-state index in [4.69, 9.17) is 9.47 Å². The van der Waals surface area contributed by atoms with Crippen LogP contribution in [0.25, 0.3) is 0 Å². The van der Waals surface area contributed by atoms with E-state index in [0.29, 0.717) is 37.3 Å². The summed E-state index contributed by atoms with van der Waals surface area (Å²) in [6.07, 6.45) is 4.99. The molecule has 3 unspecified atom stereocenters. The molecule has 9 nitrogen and oxygen atoms in total. The Hall–Kier alpha value is -3.17. The zero-order valence-corrected chi connectivity index (χ0v) is 30.0. The second kappa shape index (κ2) is 13.4. The highest BCUT2D eigenvalue weighted by Gasteiger charge is 2.80. The Kier molecular flexibility index (Phi) is 10.4. The van der Waals surface area contributed by atoms with Crippen LogP contribution in [0.4, 0.5) is 5.69 Å². The maximum atomic E-state index is 15.1. The molecule has 0 saturated carbocycles. The van der Waals surface area contributed by atoms with Gasteiger partial charge in [-0.25, -0.2) is 0 Å². The zero-order chi connectivity index (χ0) is 35.1. The lowest BCUT2D eigenvalue weighted by Gasteiger charge is -2.46. The third kappa shape index (κ3) is 6.26. The summed E-state index contributed by atoms with van der Waals surface area (Å²) in [5.41, 5.74) is -2.23. The predicted octanol–water partition coefficient (Wildman–Crippen LogP) is 5.62. The van der Waals surface area contributed by atoms with Crippen LogP contribution in [0, 0.1) is 23.2 Å². The van der Waals surface area contributed by atoms with Crippen molar-refractivity contribution in [3.8, 4) is 5.75 Å². The maximum Gasteiger partial charge on any atom is 0.249 e. The second-order valence-electron chi connectivity index (χ2n) is 15.6. The van der Waals surface area contributed by atoms with E-state index < -0.39 is 40.7 Å². The van der Waals surface area contributed by atoms with Crippen molar-refractivity contribution in [1.29, 1.82) is 0 Å². The number of anilines is 1. The first-order valence-corrected chi connectivity index (χ1v) is 17.2. The number of ether oxygens (including phenoxy) is 2. The van der Waals surface area contributed by atoms with Gasteiger partial charge >= 0.3 is 0 Å². The molecule has 260 valence electrons. The van der Waals surface area contributed by atoms with Gasteiger partial charge in [-0.05, 0) is 82.6 Å². The first kappa shape index (κ1) is 36.7. The van der Waals surface area contributed by atoms with Gasteiger partial charge in [-0.3, -0.25) is 14.4 Å². The van der Waals surface area contributed by atoms with Crippen molar-refractivity contribution in [3.63, 3.8) is 0 Å². The number of nitrogens with zero attached hydrogens (tertiary/aromatic N) is 3. The number of hydrogen-bond acceptors (Lipinski definition) is 6. The topological polar surface area (TPSA) is 99.6 Å². The van der Waals surface area contributed by atoms with Gasteiger partial charge in [0, 0.05) is 24.3 Å². The summed E-state index contributed by atoms with van der Waals surface area (Å²) in [5.74, 6) is -1.96. The van der Waals surface area contributed by atoms with Gasteiger partial charge in [0.25, 0.3) is 0 Å². The highest BCUT2D eigenvalue weighted by Crippen LogP contribution is 2.66. The minimum Gasteiger partial charge on any atom is -0.494 e. The fraction of sp³-hybridized carbons (Fsp3) is 0.658. The van der Waals surface area contributed by atoms with E-state index in [-0.39, 0.29) is 48.8 Å². The van der Waals surface area contributed by atoms with Crippen LogP contribution in [0.5, 0.6) is 5.75 Å². The van der Waals surface area contributed by atoms with Crippen molar-refractivity contribution in [3.05, 3.63) is 49.6 Å². The molecular formula is C38H57N3O6. The molecule has 1 N–H and O–H groups in total. The SMILES string of the molecule is C=CCN(C(=O)[C@@H]1[C@H]2C(=O)N([C@@H](CC)CO)C(C(=O)N(CC=C)C(C)(C)CC(C)(C)C)C23CC(C)[C@@]1(C)O3)c1ccc(OCC)cc1. The smallest absolute Gasteiger partial charge is 0.249 e. The van der Waals surface area contributed by atoms with Crippen LogP contribution in [0.15, 0.2) is 49.6 Å². The molecule has 2 bridgehead atoms. The lowest BCUT2D eigenvalue weighted by atomic mass is 9.62. The molecule has 3 amide bonds. The van der Waals surface area contributed by atoms with E-state index in [1.807, 2.05) is 70.7 Å². The number of benzene rings is 1. The highest BCUT2D eigenvalue weighted by atomic mass is 16.5. The average Bonchev–Trinajstić information content (AvgIpc) is 3.50. The van der Waals surface area contributed by atoms with Crippen molar-refractivity contribution < 1.29 is 29.0 Å². The molecule has 3 aliphatic rings.